The Morgan fingerprint density at radius 2 is 1.75 bits per heavy atom. The van der Waals surface area contributed by atoms with Crippen molar-refractivity contribution in [2.24, 2.45) is 0 Å². The lowest BCUT2D eigenvalue weighted by Gasteiger charge is -2.17. The third kappa shape index (κ3) is 4.15. The van der Waals surface area contributed by atoms with E-state index in [-0.39, 0.29) is 6.04 Å². The maximum absolute atomic E-state index is 4.39. The molecule has 0 spiro atoms. The Morgan fingerprint density at radius 1 is 1.05 bits per heavy atom. The number of benzene rings is 1. The molecule has 0 fully saturated rings. The number of rotatable bonds is 6. The summed E-state index contributed by atoms with van der Waals surface area (Å²) in [6.45, 7) is 3.98. The van der Waals surface area contributed by atoms with E-state index in [0.717, 1.165) is 18.8 Å². The van der Waals surface area contributed by atoms with Crippen molar-refractivity contribution in [1.29, 1.82) is 0 Å². The Labute approximate surface area is 121 Å². The van der Waals surface area contributed by atoms with E-state index >= 15 is 0 Å². The Kier molecular flexibility index (Phi) is 5.27. The van der Waals surface area contributed by atoms with Crippen LogP contribution in [0.2, 0.25) is 0 Å². The molecule has 2 rings (SSSR count). The molecule has 0 aliphatic carbocycles. The van der Waals surface area contributed by atoms with E-state index in [1.54, 1.807) is 0 Å². The fraction of sp³-hybridized carbons (Fsp3) is 0.353. The Morgan fingerprint density at radius 3 is 2.40 bits per heavy atom. The monoisotopic (exact) mass is 269 g/mol. The van der Waals surface area contributed by atoms with E-state index in [4.69, 9.17) is 0 Å². The highest BCUT2D eigenvalue weighted by molar-refractivity contribution is 5.27. The summed E-state index contributed by atoms with van der Waals surface area (Å²) in [6, 6.07) is 14.9. The molecule has 20 heavy (non-hydrogen) atoms. The predicted molar refractivity (Wildman–Crippen MR) is 83.3 cm³/mol. The van der Waals surface area contributed by atoms with Gasteiger partial charge in [0.1, 0.15) is 0 Å². The SMILES string of the molecule is CC(NCc1ccccc1CN(C)C)c1ccccn1. The van der Waals surface area contributed by atoms with Gasteiger partial charge in [-0.25, -0.2) is 0 Å². The second-order valence-electron chi connectivity index (χ2n) is 5.36. The van der Waals surface area contributed by atoms with Gasteiger partial charge in [-0.1, -0.05) is 30.3 Å². The average Bonchev–Trinajstić information content (AvgIpc) is 2.46. The molecule has 0 saturated carbocycles. The first-order valence-electron chi connectivity index (χ1n) is 7.02. The van der Waals surface area contributed by atoms with Crippen molar-refractivity contribution in [2.75, 3.05) is 14.1 Å². The molecule has 1 aromatic carbocycles. The molecule has 0 aliphatic heterocycles. The smallest absolute Gasteiger partial charge is 0.0570 e. The number of hydrogen-bond acceptors (Lipinski definition) is 3. The van der Waals surface area contributed by atoms with Crippen LogP contribution in [0.25, 0.3) is 0 Å². The van der Waals surface area contributed by atoms with E-state index in [1.165, 1.54) is 11.1 Å². The maximum Gasteiger partial charge on any atom is 0.0570 e. The van der Waals surface area contributed by atoms with Crippen LogP contribution >= 0.6 is 0 Å². The highest BCUT2D eigenvalue weighted by Gasteiger charge is 2.07. The van der Waals surface area contributed by atoms with Crippen molar-refractivity contribution in [3.05, 3.63) is 65.5 Å². The first-order valence-corrected chi connectivity index (χ1v) is 7.02. The van der Waals surface area contributed by atoms with Gasteiger partial charge < -0.3 is 10.2 Å². The number of nitrogens with zero attached hydrogens (tertiary/aromatic N) is 2. The molecule has 1 N–H and O–H groups in total. The van der Waals surface area contributed by atoms with Crippen LogP contribution in [0.15, 0.2) is 48.7 Å². The normalized spacial score (nSPS) is 12.6. The zero-order chi connectivity index (χ0) is 14.4. The Bertz CT molecular complexity index is 523. The van der Waals surface area contributed by atoms with Gasteiger partial charge >= 0.3 is 0 Å². The number of aromatic nitrogens is 1. The second-order valence-corrected chi connectivity index (χ2v) is 5.36. The quantitative estimate of drug-likeness (QED) is 0.874. The third-order valence-electron chi connectivity index (χ3n) is 3.34. The van der Waals surface area contributed by atoms with Gasteiger partial charge in [0.2, 0.25) is 0 Å². The van der Waals surface area contributed by atoms with Crippen LogP contribution in [-0.2, 0) is 13.1 Å². The summed E-state index contributed by atoms with van der Waals surface area (Å²) in [5, 5.41) is 3.55. The van der Waals surface area contributed by atoms with Gasteiger partial charge in [0.05, 0.1) is 5.69 Å². The van der Waals surface area contributed by atoms with Gasteiger partial charge in [-0.3, -0.25) is 4.98 Å². The van der Waals surface area contributed by atoms with E-state index in [0.29, 0.717) is 0 Å². The molecular formula is C17H23N3. The summed E-state index contributed by atoms with van der Waals surface area (Å²) in [6.07, 6.45) is 1.84. The van der Waals surface area contributed by atoms with Crippen molar-refractivity contribution >= 4 is 0 Å². The Hall–Kier alpha value is -1.71. The van der Waals surface area contributed by atoms with Crippen LogP contribution in [0, 0.1) is 0 Å². The number of pyridine rings is 1. The minimum Gasteiger partial charge on any atom is -0.305 e. The molecule has 1 unspecified atom stereocenters. The molecule has 1 aromatic heterocycles. The van der Waals surface area contributed by atoms with E-state index in [1.807, 2.05) is 18.3 Å². The van der Waals surface area contributed by atoms with E-state index < -0.39 is 0 Å². The van der Waals surface area contributed by atoms with Crippen molar-refractivity contribution in [1.82, 2.24) is 15.2 Å². The zero-order valence-corrected chi connectivity index (χ0v) is 12.5. The maximum atomic E-state index is 4.39. The predicted octanol–water partition coefficient (Wildman–Crippen LogP) is 2.99. The van der Waals surface area contributed by atoms with Crippen molar-refractivity contribution < 1.29 is 0 Å². The van der Waals surface area contributed by atoms with Gasteiger partial charge in [0.15, 0.2) is 0 Å². The van der Waals surface area contributed by atoms with Gasteiger partial charge in [-0.05, 0) is 44.3 Å². The summed E-state index contributed by atoms with van der Waals surface area (Å²) in [5.74, 6) is 0. The van der Waals surface area contributed by atoms with Gasteiger partial charge in [0.25, 0.3) is 0 Å². The van der Waals surface area contributed by atoms with Gasteiger partial charge in [-0.15, -0.1) is 0 Å². The van der Waals surface area contributed by atoms with Gasteiger partial charge in [0, 0.05) is 25.3 Å². The number of hydrogen-bond donors (Lipinski definition) is 1. The van der Waals surface area contributed by atoms with E-state index in [9.17, 15) is 0 Å². The summed E-state index contributed by atoms with van der Waals surface area (Å²) in [5.41, 5.74) is 3.81. The molecule has 2 aromatic rings. The summed E-state index contributed by atoms with van der Waals surface area (Å²) >= 11 is 0. The zero-order valence-electron chi connectivity index (χ0n) is 12.5. The van der Waals surface area contributed by atoms with Crippen LogP contribution in [-0.4, -0.2) is 24.0 Å². The molecule has 0 amide bonds. The first-order chi connectivity index (χ1) is 9.66. The van der Waals surface area contributed by atoms with Gasteiger partial charge in [-0.2, -0.15) is 0 Å². The fourth-order valence-corrected chi connectivity index (χ4v) is 2.22. The lowest BCUT2D eigenvalue weighted by atomic mass is 10.1. The standard InChI is InChI=1S/C17H23N3/c1-14(17-10-6-7-11-18-17)19-12-15-8-4-5-9-16(15)13-20(2)3/h4-11,14,19H,12-13H2,1-3H3. The first kappa shape index (κ1) is 14.7. The Balaban J connectivity index is 2.00. The minimum atomic E-state index is 0.253. The van der Waals surface area contributed by atoms with Crippen molar-refractivity contribution in [3.8, 4) is 0 Å². The average molecular weight is 269 g/mol. The fourth-order valence-electron chi connectivity index (χ4n) is 2.22. The molecule has 106 valence electrons. The molecule has 1 atom stereocenters. The molecule has 0 aliphatic rings. The van der Waals surface area contributed by atoms with Crippen LogP contribution in [0.5, 0.6) is 0 Å². The molecule has 3 nitrogen and oxygen atoms in total. The van der Waals surface area contributed by atoms with Crippen LogP contribution in [0.4, 0.5) is 0 Å². The largest absolute Gasteiger partial charge is 0.305 e. The highest BCUT2D eigenvalue weighted by atomic mass is 15.0. The molecule has 0 bridgehead atoms. The van der Waals surface area contributed by atoms with Crippen molar-refractivity contribution in [2.45, 2.75) is 26.1 Å². The lowest BCUT2D eigenvalue weighted by molar-refractivity contribution is 0.399. The van der Waals surface area contributed by atoms with Crippen molar-refractivity contribution in [3.63, 3.8) is 0 Å². The molecule has 0 saturated heterocycles. The topological polar surface area (TPSA) is 28.2 Å². The molecule has 3 heteroatoms. The third-order valence-corrected chi connectivity index (χ3v) is 3.34. The van der Waals surface area contributed by atoms with E-state index in [2.05, 4.69) is 66.6 Å². The molecule has 0 radical (unpaired) electrons. The summed E-state index contributed by atoms with van der Waals surface area (Å²) in [7, 11) is 4.20. The number of nitrogens with one attached hydrogen (secondary N) is 1. The summed E-state index contributed by atoms with van der Waals surface area (Å²) < 4.78 is 0. The minimum absolute atomic E-state index is 0.253. The van der Waals surface area contributed by atoms with Crippen LogP contribution in [0.1, 0.15) is 29.8 Å². The highest BCUT2D eigenvalue weighted by Crippen LogP contribution is 2.13. The van der Waals surface area contributed by atoms with Crippen LogP contribution < -0.4 is 5.32 Å². The second kappa shape index (κ2) is 7.17. The lowest BCUT2D eigenvalue weighted by Crippen LogP contribution is -2.21. The molecule has 1 heterocycles. The molecular weight excluding hydrogens is 246 g/mol. The van der Waals surface area contributed by atoms with Crippen LogP contribution in [0.3, 0.4) is 0 Å². The summed E-state index contributed by atoms with van der Waals surface area (Å²) in [4.78, 5) is 6.59.